The Hall–Kier alpha value is -2.51. The molecule has 27 heavy (non-hydrogen) atoms. The Morgan fingerprint density at radius 3 is 2.63 bits per heavy atom. The number of nitrogens with one attached hydrogen (secondary N) is 1. The van der Waals surface area contributed by atoms with Gasteiger partial charge in [0.15, 0.2) is 5.82 Å². The molecular formula is C19H19ClN4O2S. The molecule has 1 heterocycles. The van der Waals surface area contributed by atoms with E-state index >= 15 is 0 Å². The number of benzene rings is 2. The number of hydrogen-bond acceptors (Lipinski definition) is 5. The summed E-state index contributed by atoms with van der Waals surface area (Å²) in [5.74, 6) is 1.13. The van der Waals surface area contributed by atoms with E-state index < -0.39 is 5.25 Å². The normalized spacial score (nSPS) is 11.9. The molecule has 8 heteroatoms. The summed E-state index contributed by atoms with van der Waals surface area (Å²) < 4.78 is 5.37. The first-order valence-corrected chi connectivity index (χ1v) is 9.44. The third-order valence-corrected chi connectivity index (χ3v) is 5.21. The third-order valence-electron chi connectivity index (χ3n) is 3.87. The molecule has 0 aliphatic heterocycles. The first-order chi connectivity index (χ1) is 13.0. The maximum absolute atomic E-state index is 12.7. The second-order valence-corrected chi connectivity index (χ2v) is 7.46. The van der Waals surface area contributed by atoms with E-state index in [2.05, 4.69) is 15.2 Å². The molecule has 1 amide bonds. The molecule has 0 unspecified atom stereocenters. The van der Waals surface area contributed by atoms with Gasteiger partial charge in [-0.15, -0.1) is 5.10 Å². The molecule has 0 spiro atoms. The lowest BCUT2D eigenvalue weighted by molar-refractivity contribution is -0.128. The van der Waals surface area contributed by atoms with Crippen LogP contribution in [0.2, 0.25) is 5.02 Å². The van der Waals surface area contributed by atoms with Gasteiger partial charge in [-0.3, -0.25) is 9.89 Å². The number of nitrogens with zero attached hydrogens (tertiary/aromatic N) is 3. The van der Waals surface area contributed by atoms with Gasteiger partial charge in [0.2, 0.25) is 11.1 Å². The number of carbonyl (C=O) groups excluding carboxylic acids is 1. The number of rotatable bonds is 6. The van der Waals surface area contributed by atoms with Crippen LogP contribution in [0.25, 0.3) is 11.4 Å². The Morgan fingerprint density at radius 1 is 1.22 bits per heavy atom. The van der Waals surface area contributed by atoms with Crippen molar-refractivity contribution in [2.75, 3.05) is 21.2 Å². The molecule has 0 fully saturated rings. The largest absolute Gasteiger partial charge is 0.496 e. The highest BCUT2D eigenvalue weighted by Crippen LogP contribution is 2.36. The van der Waals surface area contributed by atoms with Gasteiger partial charge in [-0.05, 0) is 23.8 Å². The monoisotopic (exact) mass is 402 g/mol. The van der Waals surface area contributed by atoms with E-state index in [9.17, 15) is 4.79 Å². The highest BCUT2D eigenvalue weighted by molar-refractivity contribution is 8.00. The van der Waals surface area contributed by atoms with Gasteiger partial charge in [0.05, 0.1) is 12.7 Å². The van der Waals surface area contributed by atoms with Crippen molar-refractivity contribution in [2.24, 2.45) is 0 Å². The molecule has 1 aromatic heterocycles. The first-order valence-electron chi connectivity index (χ1n) is 8.18. The van der Waals surface area contributed by atoms with Crippen LogP contribution >= 0.6 is 23.4 Å². The number of amides is 1. The Kier molecular flexibility index (Phi) is 6.03. The summed E-state index contributed by atoms with van der Waals surface area (Å²) in [7, 11) is 5.05. The zero-order valence-electron chi connectivity index (χ0n) is 15.1. The molecule has 1 atom stereocenters. The molecule has 2 aromatic carbocycles. The van der Waals surface area contributed by atoms with Crippen molar-refractivity contribution in [3.63, 3.8) is 0 Å². The number of H-pyrrole nitrogens is 1. The van der Waals surface area contributed by atoms with E-state index in [4.69, 9.17) is 16.3 Å². The van der Waals surface area contributed by atoms with Crippen LogP contribution in [0.15, 0.2) is 53.7 Å². The van der Waals surface area contributed by atoms with Gasteiger partial charge in [-0.25, -0.2) is 4.98 Å². The number of halogens is 1. The number of methoxy groups -OCH3 is 1. The van der Waals surface area contributed by atoms with Gasteiger partial charge in [0.1, 0.15) is 11.0 Å². The number of carbonyl (C=O) groups is 1. The molecule has 0 aliphatic carbocycles. The lowest BCUT2D eigenvalue weighted by Crippen LogP contribution is -2.26. The van der Waals surface area contributed by atoms with Crippen LogP contribution in [0.1, 0.15) is 10.8 Å². The summed E-state index contributed by atoms with van der Waals surface area (Å²) in [6, 6.07) is 14.9. The predicted molar refractivity (Wildman–Crippen MR) is 107 cm³/mol. The Labute approximate surface area is 166 Å². The third kappa shape index (κ3) is 4.43. The summed E-state index contributed by atoms with van der Waals surface area (Å²) in [4.78, 5) is 18.8. The van der Waals surface area contributed by atoms with Crippen molar-refractivity contribution in [1.29, 1.82) is 0 Å². The van der Waals surface area contributed by atoms with Crippen LogP contribution in [-0.2, 0) is 4.79 Å². The average Bonchev–Trinajstić information content (AvgIpc) is 3.14. The fourth-order valence-corrected chi connectivity index (χ4v) is 3.74. The molecule has 140 valence electrons. The molecule has 0 saturated carbocycles. The molecule has 3 rings (SSSR count). The summed E-state index contributed by atoms with van der Waals surface area (Å²) in [6.45, 7) is 0. The number of hydrogen-bond donors (Lipinski definition) is 1. The van der Waals surface area contributed by atoms with E-state index in [0.29, 0.717) is 27.3 Å². The summed E-state index contributed by atoms with van der Waals surface area (Å²) in [5, 5.41) is 7.77. The molecule has 0 radical (unpaired) electrons. The number of thioether (sulfide) groups is 1. The SMILES string of the molecule is COc1ccc(Cl)cc1-c1nc(S[C@H](C(=O)N(C)C)c2ccccc2)n[nH]1. The van der Waals surface area contributed by atoms with Crippen LogP contribution in [0.5, 0.6) is 5.75 Å². The van der Waals surface area contributed by atoms with E-state index in [1.807, 2.05) is 30.3 Å². The highest BCUT2D eigenvalue weighted by Gasteiger charge is 2.25. The van der Waals surface area contributed by atoms with Gasteiger partial charge in [0.25, 0.3) is 0 Å². The smallest absolute Gasteiger partial charge is 0.240 e. The van der Waals surface area contributed by atoms with Crippen molar-refractivity contribution in [3.8, 4) is 17.1 Å². The van der Waals surface area contributed by atoms with Crippen molar-refractivity contribution in [1.82, 2.24) is 20.1 Å². The van der Waals surface area contributed by atoms with Crippen molar-refractivity contribution in [2.45, 2.75) is 10.4 Å². The molecular weight excluding hydrogens is 384 g/mol. The maximum atomic E-state index is 12.7. The molecule has 1 N–H and O–H groups in total. The van der Waals surface area contributed by atoms with Crippen molar-refractivity contribution < 1.29 is 9.53 Å². The second-order valence-electron chi connectivity index (χ2n) is 5.95. The highest BCUT2D eigenvalue weighted by atomic mass is 35.5. The number of aromatic amines is 1. The van der Waals surface area contributed by atoms with E-state index in [0.717, 1.165) is 5.56 Å². The van der Waals surface area contributed by atoms with Gasteiger partial charge in [0, 0.05) is 19.1 Å². The van der Waals surface area contributed by atoms with Crippen LogP contribution in [0.3, 0.4) is 0 Å². The summed E-state index contributed by atoms with van der Waals surface area (Å²) >= 11 is 7.39. The summed E-state index contributed by atoms with van der Waals surface area (Å²) in [5.41, 5.74) is 1.60. The molecule has 0 bridgehead atoms. The van der Waals surface area contributed by atoms with Gasteiger partial charge >= 0.3 is 0 Å². The maximum Gasteiger partial charge on any atom is 0.240 e. The minimum atomic E-state index is -0.439. The predicted octanol–water partition coefficient (Wildman–Crippen LogP) is 4.06. The van der Waals surface area contributed by atoms with Crippen LogP contribution < -0.4 is 4.74 Å². The number of aromatic nitrogens is 3. The fourth-order valence-electron chi connectivity index (χ4n) is 2.51. The Balaban J connectivity index is 1.91. The second kappa shape index (κ2) is 8.45. The lowest BCUT2D eigenvalue weighted by Gasteiger charge is -2.19. The Morgan fingerprint density at radius 2 is 1.96 bits per heavy atom. The lowest BCUT2D eigenvalue weighted by atomic mass is 10.1. The average molecular weight is 403 g/mol. The minimum Gasteiger partial charge on any atom is -0.496 e. The van der Waals surface area contributed by atoms with Crippen LogP contribution in [0.4, 0.5) is 0 Å². The van der Waals surface area contributed by atoms with Gasteiger partial charge in [-0.2, -0.15) is 0 Å². The standard InChI is InChI=1S/C19H19ClN4O2S/c1-24(2)18(25)16(12-7-5-4-6-8-12)27-19-21-17(22-23-19)14-11-13(20)9-10-15(14)26-3/h4-11,16H,1-3H3,(H,21,22,23)/t16-/m0/s1. The van der Waals surface area contributed by atoms with E-state index in [1.54, 1.807) is 44.3 Å². The summed E-state index contributed by atoms with van der Waals surface area (Å²) in [6.07, 6.45) is 0. The Bertz CT molecular complexity index is 930. The molecule has 3 aromatic rings. The minimum absolute atomic E-state index is 0.0297. The van der Waals surface area contributed by atoms with Gasteiger partial charge < -0.3 is 9.64 Å². The number of likely N-dealkylation sites (N-methyl/N-ethyl adjacent to an activating group) is 1. The zero-order valence-corrected chi connectivity index (χ0v) is 16.7. The van der Waals surface area contributed by atoms with Crippen molar-refractivity contribution in [3.05, 3.63) is 59.1 Å². The number of ether oxygens (including phenoxy) is 1. The molecule has 0 aliphatic rings. The zero-order chi connectivity index (χ0) is 19.4. The van der Waals surface area contributed by atoms with Crippen molar-refractivity contribution >= 4 is 29.3 Å². The first kappa shape index (κ1) is 19.3. The van der Waals surface area contributed by atoms with Crippen LogP contribution in [-0.4, -0.2) is 47.2 Å². The van der Waals surface area contributed by atoms with Gasteiger partial charge in [-0.1, -0.05) is 53.7 Å². The van der Waals surface area contributed by atoms with Crippen LogP contribution in [0, 0.1) is 0 Å². The molecule has 6 nitrogen and oxygen atoms in total. The van der Waals surface area contributed by atoms with E-state index in [-0.39, 0.29) is 5.91 Å². The quantitative estimate of drug-likeness (QED) is 0.629. The topological polar surface area (TPSA) is 71.1 Å². The van der Waals surface area contributed by atoms with E-state index in [1.165, 1.54) is 11.8 Å². The molecule has 0 saturated heterocycles. The fraction of sp³-hybridized carbons (Fsp3) is 0.211.